The largest absolute Gasteiger partial charge is 0.491 e. The van der Waals surface area contributed by atoms with Gasteiger partial charge in [-0.2, -0.15) is 0 Å². The predicted octanol–water partition coefficient (Wildman–Crippen LogP) is 4.28. The highest BCUT2D eigenvalue weighted by Gasteiger charge is 2.01. The van der Waals surface area contributed by atoms with Crippen molar-refractivity contribution in [3.63, 3.8) is 0 Å². The number of ether oxygens (including phenoxy) is 1. The van der Waals surface area contributed by atoms with Crippen LogP contribution >= 0.6 is 0 Å². The average Bonchev–Trinajstić information content (AvgIpc) is 2.29. The van der Waals surface area contributed by atoms with Crippen LogP contribution in [-0.2, 0) is 0 Å². The van der Waals surface area contributed by atoms with Crippen LogP contribution in [0, 0.1) is 5.82 Å². The van der Waals surface area contributed by atoms with Crippen molar-refractivity contribution in [2.45, 2.75) is 20.0 Å². The minimum absolute atomic E-state index is 0.151. The summed E-state index contributed by atoms with van der Waals surface area (Å²) in [4.78, 5) is 0. The van der Waals surface area contributed by atoms with Crippen molar-refractivity contribution >= 4 is 0 Å². The van der Waals surface area contributed by atoms with Crippen LogP contribution in [0.15, 0.2) is 48.5 Å². The van der Waals surface area contributed by atoms with E-state index in [-0.39, 0.29) is 11.9 Å². The Hall–Kier alpha value is -1.83. The molecule has 2 rings (SSSR count). The van der Waals surface area contributed by atoms with Gasteiger partial charge in [-0.25, -0.2) is 4.39 Å². The van der Waals surface area contributed by atoms with Gasteiger partial charge in [0.2, 0.25) is 0 Å². The molecule has 17 heavy (non-hydrogen) atoms. The second-order valence-corrected chi connectivity index (χ2v) is 4.20. The number of benzene rings is 2. The first-order valence-electron chi connectivity index (χ1n) is 5.68. The van der Waals surface area contributed by atoms with Crippen LogP contribution in [0.25, 0.3) is 11.1 Å². The van der Waals surface area contributed by atoms with Gasteiger partial charge < -0.3 is 4.74 Å². The van der Waals surface area contributed by atoms with E-state index in [1.807, 2.05) is 38.1 Å². The maximum absolute atomic E-state index is 12.8. The lowest BCUT2D eigenvalue weighted by molar-refractivity contribution is 0.242. The second kappa shape index (κ2) is 5.00. The average molecular weight is 230 g/mol. The van der Waals surface area contributed by atoms with E-state index in [9.17, 15) is 4.39 Å². The van der Waals surface area contributed by atoms with Gasteiger partial charge in [-0.15, -0.1) is 0 Å². The maximum Gasteiger partial charge on any atom is 0.123 e. The standard InChI is InChI=1S/C15H15FO/c1-11(2)17-15-5-3-4-13(10-15)12-6-8-14(16)9-7-12/h3-11H,1-2H3. The van der Waals surface area contributed by atoms with Crippen LogP contribution in [0.3, 0.4) is 0 Å². The summed E-state index contributed by atoms with van der Waals surface area (Å²) in [7, 11) is 0. The Morgan fingerprint density at radius 2 is 1.65 bits per heavy atom. The predicted molar refractivity (Wildman–Crippen MR) is 67.6 cm³/mol. The SMILES string of the molecule is CC(C)Oc1cccc(-c2ccc(F)cc2)c1. The quantitative estimate of drug-likeness (QED) is 0.764. The van der Waals surface area contributed by atoms with Crippen LogP contribution in [-0.4, -0.2) is 6.10 Å². The first kappa shape index (κ1) is 11.6. The van der Waals surface area contributed by atoms with Crippen molar-refractivity contribution in [3.05, 3.63) is 54.3 Å². The molecule has 0 radical (unpaired) electrons. The zero-order valence-corrected chi connectivity index (χ0v) is 9.98. The molecule has 2 aromatic carbocycles. The number of halogens is 1. The van der Waals surface area contributed by atoms with Crippen molar-refractivity contribution < 1.29 is 9.13 Å². The lowest BCUT2D eigenvalue weighted by atomic mass is 10.1. The molecule has 2 heteroatoms. The number of hydrogen-bond donors (Lipinski definition) is 0. The fraction of sp³-hybridized carbons (Fsp3) is 0.200. The van der Waals surface area contributed by atoms with Crippen molar-refractivity contribution in [1.82, 2.24) is 0 Å². The third-order valence-corrected chi connectivity index (χ3v) is 2.38. The molecule has 2 aromatic rings. The van der Waals surface area contributed by atoms with Gasteiger partial charge >= 0.3 is 0 Å². The van der Waals surface area contributed by atoms with Gasteiger partial charge in [0.05, 0.1) is 6.10 Å². The first-order valence-corrected chi connectivity index (χ1v) is 5.68. The summed E-state index contributed by atoms with van der Waals surface area (Å²) >= 11 is 0. The molecule has 0 aliphatic rings. The van der Waals surface area contributed by atoms with E-state index >= 15 is 0 Å². The first-order chi connectivity index (χ1) is 8.15. The van der Waals surface area contributed by atoms with Gasteiger partial charge in [0, 0.05) is 0 Å². The Bertz CT molecular complexity index is 489. The second-order valence-electron chi connectivity index (χ2n) is 4.20. The van der Waals surface area contributed by atoms with Crippen LogP contribution in [0.5, 0.6) is 5.75 Å². The van der Waals surface area contributed by atoms with Gasteiger partial charge in [0.1, 0.15) is 11.6 Å². The van der Waals surface area contributed by atoms with E-state index in [2.05, 4.69) is 0 Å². The number of hydrogen-bond acceptors (Lipinski definition) is 1. The van der Waals surface area contributed by atoms with Crippen molar-refractivity contribution in [2.24, 2.45) is 0 Å². The highest BCUT2D eigenvalue weighted by molar-refractivity contribution is 5.64. The van der Waals surface area contributed by atoms with Gasteiger partial charge in [-0.3, -0.25) is 0 Å². The third kappa shape index (κ3) is 3.06. The Balaban J connectivity index is 2.29. The molecule has 0 fully saturated rings. The fourth-order valence-corrected chi connectivity index (χ4v) is 1.66. The van der Waals surface area contributed by atoms with E-state index in [4.69, 9.17) is 4.74 Å². The Labute approximate surface area is 101 Å². The zero-order chi connectivity index (χ0) is 12.3. The molecule has 0 aliphatic carbocycles. The summed E-state index contributed by atoms with van der Waals surface area (Å²) in [6.07, 6.45) is 0.151. The summed E-state index contributed by atoms with van der Waals surface area (Å²) in [5.41, 5.74) is 2.02. The van der Waals surface area contributed by atoms with Gasteiger partial charge in [-0.1, -0.05) is 24.3 Å². The number of rotatable bonds is 3. The van der Waals surface area contributed by atoms with Crippen LogP contribution in [0.2, 0.25) is 0 Å². The van der Waals surface area contributed by atoms with Gasteiger partial charge in [0.15, 0.2) is 0 Å². The van der Waals surface area contributed by atoms with E-state index < -0.39 is 0 Å². The van der Waals surface area contributed by atoms with E-state index in [0.29, 0.717) is 0 Å². The molecular weight excluding hydrogens is 215 g/mol. The minimum atomic E-state index is -0.219. The monoisotopic (exact) mass is 230 g/mol. The molecular formula is C15H15FO. The molecule has 0 saturated carbocycles. The molecule has 0 bridgehead atoms. The molecule has 0 unspecified atom stereocenters. The lowest BCUT2D eigenvalue weighted by Gasteiger charge is -2.11. The molecule has 0 aliphatic heterocycles. The third-order valence-electron chi connectivity index (χ3n) is 2.38. The summed E-state index contributed by atoms with van der Waals surface area (Å²) in [5, 5.41) is 0. The molecule has 88 valence electrons. The van der Waals surface area contributed by atoms with Crippen molar-refractivity contribution in [2.75, 3.05) is 0 Å². The summed E-state index contributed by atoms with van der Waals surface area (Å²) in [6, 6.07) is 14.3. The maximum atomic E-state index is 12.8. The lowest BCUT2D eigenvalue weighted by Crippen LogP contribution is -2.05. The van der Waals surface area contributed by atoms with Crippen molar-refractivity contribution in [3.8, 4) is 16.9 Å². The highest BCUT2D eigenvalue weighted by Crippen LogP contribution is 2.24. The summed E-state index contributed by atoms with van der Waals surface area (Å²) in [6.45, 7) is 3.98. The highest BCUT2D eigenvalue weighted by atomic mass is 19.1. The van der Waals surface area contributed by atoms with Crippen molar-refractivity contribution in [1.29, 1.82) is 0 Å². The van der Waals surface area contributed by atoms with E-state index in [1.54, 1.807) is 12.1 Å². The molecule has 0 aromatic heterocycles. The normalized spacial score (nSPS) is 10.6. The van der Waals surface area contributed by atoms with Crippen LogP contribution in [0.4, 0.5) is 4.39 Å². The smallest absolute Gasteiger partial charge is 0.123 e. The molecule has 0 saturated heterocycles. The Morgan fingerprint density at radius 3 is 2.29 bits per heavy atom. The minimum Gasteiger partial charge on any atom is -0.491 e. The topological polar surface area (TPSA) is 9.23 Å². The molecule has 1 nitrogen and oxygen atoms in total. The zero-order valence-electron chi connectivity index (χ0n) is 9.98. The van der Waals surface area contributed by atoms with E-state index in [1.165, 1.54) is 12.1 Å². The summed E-state index contributed by atoms with van der Waals surface area (Å²) in [5.74, 6) is 0.616. The summed E-state index contributed by atoms with van der Waals surface area (Å²) < 4.78 is 18.5. The molecule has 0 spiro atoms. The van der Waals surface area contributed by atoms with Gasteiger partial charge in [0.25, 0.3) is 0 Å². The Morgan fingerprint density at radius 1 is 0.941 bits per heavy atom. The van der Waals surface area contributed by atoms with Crippen LogP contribution in [0.1, 0.15) is 13.8 Å². The molecule has 0 heterocycles. The van der Waals surface area contributed by atoms with E-state index in [0.717, 1.165) is 16.9 Å². The Kier molecular flexibility index (Phi) is 3.43. The molecule has 0 N–H and O–H groups in total. The fourth-order valence-electron chi connectivity index (χ4n) is 1.66. The van der Waals surface area contributed by atoms with Crippen LogP contribution < -0.4 is 4.74 Å². The molecule has 0 atom stereocenters. The molecule has 0 amide bonds. The van der Waals surface area contributed by atoms with Gasteiger partial charge in [-0.05, 0) is 49.2 Å².